The van der Waals surface area contributed by atoms with Gasteiger partial charge >= 0.3 is 0 Å². The fraction of sp³-hybridized carbons (Fsp3) is 0.296. The van der Waals surface area contributed by atoms with Gasteiger partial charge in [-0.1, -0.05) is 91.0 Å². The predicted molar refractivity (Wildman–Crippen MR) is 124 cm³/mol. The second-order valence-corrected chi connectivity index (χ2v) is 8.11. The number of likely N-dealkylation sites (N-methyl/N-ethyl adjacent to an activating group) is 1. The van der Waals surface area contributed by atoms with Crippen molar-refractivity contribution in [2.24, 2.45) is 0 Å². The lowest BCUT2D eigenvalue weighted by Gasteiger charge is -2.41. The van der Waals surface area contributed by atoms with Crippen molar-refractivity contribution in [2.75, 3.05) is 13.6 Å². The molecule has 0 aromatic heterocycles. The van der Waals surface area contributed by atoms with Gasteiger partial charge in [0.25, 0.3) is 0 Å². The van der Waals surface area contributed by atoms with E-state index in [-0.39, 0.29) is 18.0 Å². The zero-order chi connectivity index (χ0) is 21.5. The van der Waals surface area contributed by atoms with Crippen molar-refractivity contribution in [3.05, 3.63) is 108 Å². The van der Waals surface area contributed by atoms with Crippen LogP contribution in [0.2, 0.25) is 0 Å². The lowest BCUT2D eigenvalue weighted by molar-refractivity contribution is -0.134. The fourth-order valence-corrected chi connectivity index (χ4v) is 3.88. The molecule has 3 heteroatoms. The van der Waals surface area contributed by atoms with Crippen molar-refractivity contribution in [3.63, 3.8) is 0 Å². The van der Waals surface area contributed by atoms with Gasteiger partial charge in [-0.2, -0.15) is 0 Å². The van der Waals surface area contributed by atoms with Gasteiger partial charge in [-0.3, -0.25) is 4.79 Å². The van der Waals surface area contributed by atoms with E-state index in [0.717, 1.165) is 23.2 Å². The van der Waals surface area contributed by atoms with Crippen LogP contribution in [-0.4, -0.2) is 35.3 Å². The van der Waals surface area contributed by atoms with Crippen LogP contribution in [0.25, 0.3) is 0 Å². The highest BCUT2D eigenvalue weighted by atomic mass is 16.2. The summed E-state index contributed by atoms with van der Waals surface area (Å²) in [6.07, 6.45) is 0. The van der Waals surface area contributed by atoms with Crippen molar-refractivity contribution in [2.45, 2.75) is 38.9 Å². The lowest BCUT2D eigenvalue weighted by atomic mass is 9.93. The number of rotatable bonds is 8. The average molecular weight is 401 g/mol. The van der Waals surface area contributed by atoms with E-state index in [1.807, 2.05) is 42.5 Å². The molecule has 156 valence electrons. The van der Waals surface area contributed by atoms with E-state index in [1.165, 1.54) is 0 Å². The Morgan fingerprint density at radius 1 is 0.733 bits per heavy atom. The maximum Gasteiger partial charge on any atom is 0.220 e. The molecule has 0 aliphatic heterocycles. The van der Waals surface area contributed by atoms with Crippen molar-refractivity contribution in [3.8, 4) is 0 Å². The van der Waals surface area contributed by atoms with Crippen molar-refractivity contribution in [1.29, 1.82) is 0 Å². The minimum absolute atomic E-state index is 0.0680. The van der Waals surface area contributed by atoms with Crippen LogP contribution >= 0.6 is 0 Å². The van der Waals surface area contributed by atoms with E-state index < -0.39 is 0 Å². The molecule has 0 aliphatic carbocycles. The standard InChI is InChI=1S/C27H32N2O/c1-21(2)28(4)20-26(23-14-8-5-9-15-23)29(22(3)30)27(24-16-10-6-11-17-24)25-18-12-7-13-19-25/h5-19,21,26-27H,20H2,1-4H3. The van der Waals surface area contributed by atoms with Gasteiger partial charge in [0.15, 0.2) is 0 Å². The summed E-state index contributed by atoms with van der Waals surface area (Å²) in [6.45, 7) is 6.82. The molecule has 0 saturated heterocycles. The minimum atomic E-state index is -0.157. The Balaban J connectivity index is 2.15. The van der Waals surface area contributed by atoms with E-state index in [0.29, 0.717) is 6.04 Å². The first-order valence-electron chi connectivity index (χ1n) is 10.6. The molecule has 1 unspecified atom stereocenters. The number of nitrogens with zero attached hydrogens (tertiary/aromatic N) is 2. The summed E-state index contributed by atoms with van der Waals surface area (Å²) >= 11 is 0. The first-order chi connectivity index (χ1) is 14.5. The molecule has 0 spiro atoms. The van der Waals surface area contributed by atoms with Gasteiger partial charge in [-0.25, -0.2) is 0 Å². The summed E-state index contributed by atoms with van der Waals surface area (Å²) in [5, 5.41) is 0. The van der Waals surface area contributed by atoms with Crippen molar-refractivity contribution >= 4 is 5.91 Å². The molecule has 3 aromatic carbocycles. The minimum Gasteiger partial charge on any atom is -0.323 e. The predicted octanol–water partition coefficient (Wildman–Crippen LogP) is 5.71. The number of benzene rings is 3. The third kappa shape index (κ3) is 5.17. The van der Waals surface area contributed by atoms with Gasteiger partial charge in [0, 0.05) is 19.5 Å². The summed E-state index contributed by atoms with van der Waals surface area (Å²) < 4.78 is 0. The van der Waals surface area contributed by atoms with E-state index >= 15 is 0 Å². The molecule has 0 radical (unpaired) electrons. The Kier molecular flexibility index (Phi) is 7.42. The number of amides is 1. The first kappa shape index (κ1) is 21.8. The highest BCUT2D eigenvalue weighted by Crippen LogP contribution is 2.36. The van der Waals surface area contributed by atoms with E-state index in [9.17, 15) is 4.79 Å². The van der Waals surface area contributed by atoms with Gasteiger partial charge in [0.1, 0.15) is 0 Å². The SMILES string of the molecule is CC(=O)N(C(CN(C)C(C)C)c1ccccc1)C(c1ccccc1)c1ccccc1. The summed E-state index contributed by atoms with van der Waals surface area (Å²) in [6, 6.07) is 31.2. The summed E-state index contributed by atoms with van der Waals surface area (Å²) in [7, 11) is 2.12. The number of hydrogen-bond acceptors (Lipinski definition) is 2. The smallest absolute Gasteiger partial charge is 0.220 e. The average Bonchev–Trinajstić information content (AvgIpc) is 2.77. The quantitative estimate of drug-likeness (QED) is 0.484. The molecule has 0 heterocycles. The molecule has 3 rings (SSSR count). The van der Waals surface area contributed by atoms with Gasteiger partial charge < -0.3 is 9.80 Å². The van der Waals surface area contributed by atoms with Crippen LogP contribution in [0.3, 0.4) is 0 Å². The molecule has 3 nitrogen and oxygen atoms in total. The Hall–Kier alpha value is -2.91. The highest BCUT2D eigenvalue weighted by Gasteiger charge is 2.33. The van der Waals surface area contributed by atoms with Crippen molar-refractivity contribution < 1.29 is 4.79 Å². The summed E-state index contributed by atoms with van der Waals surface area (Å²) in [5.74, 6) is 0.0683. The van der Waals surface area contributed by atoms with Crippen LogP contribution in [0.1, 0.15) is 49.5 Å². The van der Waals surface area contributed by atoms with Crippen LogP contribution in [0.4, 0.5) is 0 Å². The highest BCUT2D eigenvalue weighted by molar-refractivity contribution is 5.75. The van der Waals surface area contributed by atoms with Crippen LogP contribution < -0.4 is 0 Å². The topological polar surface area (TPSA) is 23.6 Å². The van der Waals surface area contributed by atoms with Gasteiger partial charge in [0.2, 0.25) is 5.91 Å². The van der Waals surface area contributed by atoms with Crippen LogP contribution in [0.5, 0.6) is 0 Å². The molecule has 0 saturated carbocycles. The molecular weight excluding hydrogens is 368 g/mol. The molecule has 1 amide bonds. The summed E-state index contributed by atoms with van der Waals surface area (Å²) in [5.41, 5.74) is 3.39. The van der Waals surface area contributed by atoms with Crippen LogP contribution in [0, 0.1) is 0 Å². The molecule has 30 heavy (non-hydrogen) atoms. The third-order valence-corrected chi connectivity index (χ3v) is 5.73. The monoisotopic (exact) mass is 400 g/mol. The van der Waals surface area contributed by atoms with E-state index in [1.54, 1.807) is 6.92 Å². The van der Waals surface area contributed by atoms with Gasteiger partial charge in [-0.15, -0.1) is 0 Å². The van der Waals surface area contributed by atoms with Gasteiger partial charge in [0.05, 0.1) is 12.1 Å². The molecule has 0 aliphatic rings. The molecule has 1 atom stereocenters. The number of hydrogen-bond donors (Lipinski definition) is 0. The molecular formula is C27H32N2O. The Morgan fingerprint density at radius 3 is 1.50 bits per heavy atom. The fourth-order valence-electron chi connectivity index (χ4n) is 3.88. The second-order valence-electron chi connectivity index (χ2n) is 8.11. The largest absolute Gasteiger partial charge is 0.323 e. The maximum absolute atomic E-state index is 13.2. The Bertz CT molecular complexity index is 870. The second kappa shape index (κ2) is 10.2. The third-order valence-electron chi connectivity index (χ3n) is 5.73. The lowest BCUT2D eigenvalue weighted by Crippen LogP contribution is -2.43. The zero-order valence-corrected chi connectivity index (χ0v) is 18.4. The molecule has 0 fully saturated rings. The Morgan fingerprint density at radius 2 is 1.13 bits per heavy atom. The summed E-state index contributed by atoms with van der Waals surface area (Å²) in [4.78, 5) is 17.6. The number of carbonyl (C=O) groups excluding carboxylic acids is 1. The molecule has 3 aromatic rings. The first-order valence-corrected chi connectivity index (χ1v) is 10.6. The van der Waals surface area contributed by atoms with Crippen LogP contribution in [0.15, 0.2) is 91.0 Å². The molecule has 0 N–H and O–H groups in total. The van der Waals surface area contributed by atoms with E-state index in [2.05, 4.69) is 79.2 Å². The van der Waals surface area contributed by atoms with Crippen molar-refractivity contribution in [1.82, 2.24) is 9.80 Å². The van der Waals surface area contributed by atoms with E-state index in [4.69, 9.17) is 0 Å². The normalized spacial score (nSPS) is 12.4. The zero-order valence-electron chi connectivity index (χ0n) is 18.4. The van der Waals surface area contributed by atoms with Gasteiger partial charge in [-0.05, 0) is 37.6 Å². The Labute approximate surface area is 181 Å². The maximum atomic E-state index is 13.2. The number of carbonyl (C=O) groups is 1. The van der Waals surface area contributed by atoms with Crippen LogP contribution in [-0.2, 0) is 4.79 Å². The molecule has 0 bridgehead atoms.